The van der Waals surface area contributed by atoms with Gasteiger partial charge in [0.2, 0.25) is 6.79 Å². The molecule has 3 aromatic rings. The van der Waals surface area contributed by atoms with Gasteiger partial charge < -0.3 is 19.5 Å². The summed E-state index contributed by atoms with van der Waals surface area (Å²) in [5.74, 6) is 0.188. The van der Waals surface area contributed by atoms with Crippen molar-refractivity contribution < 1.29 is 23.0 Å². The predicted octanol–water partition coefficient (Wildman–Crippen LogP) is 3.38. The van der Waals surface area contributed by atoms with Crippen molar-refractivity contribution in [2.45, 2.75) is 0 Å². The SMILES string of the molecule is O=c1c(Cl)c(NCCOc2ccc3c(c2)OCO3)cnn1-c1ccc(F)cc1F. The molecule has 0 radical (unpaired) electrons. The summed E-state index contributed by atoms with van der Waals surface area (Å²) in [7, 11) is 0. The molecule has 1 aliphatic heterocycles. The van der Waals surface area contributed by atoms with Gasteiger partial charge in [-0.25, -0.2) is 8.78 Å². The molecular weight excluding hydrogens is 408 g/mol. The smallest absolute Gasteiger partial charge is 0.292 e. The molecule has 0 bridgehead atoms. The molecule has 2 aromatic carbocycles. The van der Waals surface area contributed by atoms with E-state index in [2.05, 4.69) is 10.4 Å². The van der Waals surface area contributed by atoms with Crippen molar-refractivity contribution in [1.82, 2.24) is 9.78 Å². The third-order valence-corrected chi connectivity index (χ3v) is 4.45. The molecule has 0 fully saturated rings. The molecule has 0 aliphatic carbocycles. The molecule has 0 saturated heterocycles. The van der Waals surface area contributed by atoms with Crippen LogP contribution in [0.5, 0.6) is 17.2 Å². The van der Waals surface area contributed by atoms with Crippen LogP contribution in [0.2, 0.25) is 5.02 Å². The largest absolute Gasteiger partial charge is 0.492 e. The zero-order chi connectivity index (χ0) is 20.4. The minimum atomic E-state index is -0.923. The third kappa shape index (κ3) is 3.95. The van der Waals surface area contributed by atoms with E-state index in [1.807, 2.05) is 0 Å². The molecule has 29 heavy (non-hydrogen) atoms. The lowest BCUT2D eigenvalue weighted by atomic mass is 10.3. The lowest BCUT2D eigenvalue weighted by Crippen LogP contribution is -2.24. The molecule has 0 atom stereocenters. The monoisotopic (exact) mass is 421 g/mol. The third-order valence-electron chi connectivity index (χ3n) is 4.09. The first-order valence-electron chi connectivity index (χ1n) is 8.52. The molecule has 1 N–H and O–H groups in total. The number of aromatic nitrogens is 2. The van der Waals surface area contributed by atoms with Crippen LogP contribution in [0.4, 0.5) is 14.5 Å². The zero-order valence-electron chi connectivity index (χ0n) is 14.8. The Morgan fingerprint density at radius 3 is 2.83 bits per heavy atom. The van der Waals surface area contributed by atoms with Crippen LogP contribution in [0.25, 0.3) is 5.69 Å². The molecule has 4 rings (SSSR count). The van der Waals surface area contributed by atoms with Crippen molar-refractivity contribution >= 4 is 17.3 Å². The summed E-state index contributed by atoms with van der Waals surface area (Å²) in [5.41, 5.74) is -0.667. The highest BCUT2D eigenvalue weighted by Gasteiger charge is 2.15. The predicted molar refractivity (Wildman–Crippen MR) is 101 cm³/mol. The van der Waals surface area contributed by atoms with Gasteiger partial charge in [-0.15, -0.1) is 0 Å². The Morgan fingerprint density at radius 2 is 2.00 bits per heavy atom. The van der Waals surface area contributed by atoms with E-state index in [9.17, 15) is 13.6 Å². The second kappa shape index (κ2) is 7.96. The average molecular weight is 422 g/mol. The standard InChI is InChI=1S/C19H14ClF2N3O4/c20-18-14(9-24-25(19(18)26)15-3-1-11(21)7-13(15)22)23-5-6-27-12-2-4-16-17(8-12)29-10-28-16/h1-4,7-9,23H,5-6,10H2. The van der Waals surface area contributed by atoms with Crippen LogP contribution in [0, 0.1) is 11.6 Å². The van der Waals surface area contributed by atoms with E-state index in [1.54, 1.807) is 18.2 Å². The molecule has 1 aromatic heterocycles. The average Bonchev–Trinajstić information content (AvgIpc) is 3.17. The maximum Gasteiger partial charge on any atom is 0.292 e. The Balaban J connectivity index is 1.40. The number of benzene rings is 2. The van der Waals surface area contributed by atoms with Gasteiger partial charge in [0.1, 0.15) is 28.9 Å². The van der Waals surface area contributed by atoms with Gasteiger partial charge in [0.25, 0.3) is 5.56 Å². The number of nitrogens with zero attached hydrogens (tertiary/aromatic N) is 2. The van der Waals surface area contributed by atoms with Crippen molar-refractivity contribution in [3.63, 3.8) is 0 Å². The number of halogens is 3. The van der Waals surface area contributed by atoms with Crippen molar-refractivity contribution in [3.8, 4) is 22.9 Å². The molecule has 7 nitrogen and oxygen atoms in total. The van der Waals surface area contributed by atoms with Gasteiger partial charge in [-0.1, -0.05) is 11.6 Å². The number of anilines is 1. The van der Waals surface area contributed by atoms with Crippen molar-refractivity contribution in [2.75, 3.05) is 25.3 Å². The van der Waals surface area contributed by atoms with Gasteiger partial charge in [-0.05, 0) is 24.3 Å². The topological polar surface area (TPSA) is 74.6 Å². The van der Waals surface area contributed by atoms with Crippen LogP contribution in [0.1, 0.15) is 0 Å². The Morgan fingerprint density at radius 1 is 1.17 bits per heavy atom. The Hall–Kier alpha value is -3.33. The van der Waals surface area contributed by atoms with Gasteiger partial charge in [0, 0.05) is 18.7 Å². The lowest BCUT2D eigenvalue weighted by Gasteiger charge is -2.12. The zero-order valence-corrected chi connectivity index (χ0v) is 15.6. The number of ether oxygens (including phenoxy) is 3. The van der Waals surface area contributed by atoms with Crippen LogP contribution in [-0.4, -0.2) is 29.7 Å². The molecule has 10 heteroatoms. The van der Waals surface area contributed by atoms with Crippen molar-refractivity contribution in [3.05, 3.63) is 69.6 Å². The highest BCUT2D eigenvalue weighted by atomic mass is 35.5. The molecule has 1 aliphatic rings. The van der Waals surface area contributed by atoms with Crippen molar-refractivity contribution in [1.29, 1.82) is 0 Å². The fourth-order valence-electron chi connectivity index (χ4n) is 2.70. The van der Waals surface area contributed by atoms with Gasteiger partial charge in [-0.2, -0.15) is 9.78 Å². The first-order chi connectivity index (χ1) is 14.0. The molecular formula is C19H14ClF2N3O4. The fourth-order valence-corrected chi connectivity index (χ4v) is 2.90. The second-order valence-electron chi connectivity index (χ2n) is 5.98. The van der Waals surface area contributed by atoms with E-state index in [0.717, 1.165) is 16.8 Å². The molecule has 150 valence electrons. The summed E-state index contributed by atoms with van der Waals surface area (Å²) in [6.45, 7) is 0.773. The maximum absolute atomic E-state index is 13.9. The van der Waals surface area contributed by atoms with Gasteiger partial charge >= 0.3 is 0 Å². The van der Waals surface area contributed by atoms with E-state index in [1.165, 1.54) is 6.20 Å². The lowest BCUT2D eigenvalue weighted by molar-refractivity contribution is 0.174. The summed E-state index contributed by atoms with van der Waals surface area (Å²) in [4.78, 5) is 12.4. The highest BCUT2D eigenvalue weighted by Crippen LogP contribution is 2.35. The molecule has 2 heterocycles. The number of hydrogen-bond acceptors (Lipinski definition) is 6. The molecule has 0 spiro atoms. The van der Waals surface area contributed by atoms with E-state index < -0.39 is 17.2 Å². The quantitative estimate of drug-likeness (QED) is 0.615. The van der Waals surface area contributed by atoms with E-state index in [-0.39, 0.29) is 29.8 Å². The summed E-state index contributed by atoms with van der Waals surface area (Å²) >= 11 is 6.09. The van der Waals surface area contributed by atoms with Crippen LogP contribution in [0.15, 0.2) is 47.4 Å². The summed E-state index contributed by atoms with van der Waals surface area (Å²) in [5, 5.41) is 6.66. The summed E-state index contributed by atoms with van der Waals surface area (Å²) in [6.07, 6.45) is 1.28. The number of rotatable bonds is 6. The number of nitrogens with one attached hydrogen (secondary N) is 1. The number of fused-ring (bicyclic) bond motifs is 1. The van der Waals surface area contributed by atoms with E-state index >= 15 is 0 Å². The van der Waals surface area contributed by atoms with Crippen molar-refractivity contribution in [2.24, 2.45) is 0 Å². The molecule has 0 unspecified atom stereocenters. The molecule has 0 saturated carbocycles. The highest BCUT2D eigenvalue weighted by molar-refractivity contribution is 6.32. The minimum Gasteiger partial charge on any atom is -0.492 e. The van der Waals surface area contributed by atoms with Gasteiger partial charge in [0.05, 0.1) is 11.9 Å². The summed E-state index contributed by atoms with van der Waals surface area (Å²) < 4.78 is 43.9. The van der Waals surface area contributed by atoms with Gasteiger partial charge in [0.15, 0.2) is 17.3 Å². The first-order valence-corrected chi connectivity index (χ1v) is 8.90. The van der Waals surface area contributed by atoms with Crippen LogP contribution < -0.4 is 25.1 Å². The fraction of sp³-hybridized carbons (Fsp3) is 0.158. The van der Waals surface area contributed by atoms with E-state index in [0.29, 0.717) is 29.9 Å². The molecule has 0 amide bonds. The van der Waals surface area contributed by atoms with Crippen LogP contribution >= 0.6 is 11.6 Å². The normalized spacial score (nSPS) is 12.1. The Kier molecular flexibility index (Phi) is 5.22. The number of hydrogen-bond donors (Lipinski definition) is 1. The van der Waals surface area contributed by atoms with Crippen LogP contribution in [-0.2, 0) is 0 Å². The van der Waals surface area contributed by atoms with Crippen LogP contribution in [0.3, 0.4) is 0 Å². The maximum atomic E-state index is 13.9. The Bertz CT molecular complexity index is 1120. The van der Waals surface area contributed by atoms with Gasteiger partial charge in [-0.3, -0.25) is 4.79 Å². The Labute approximate surface area is 168 Å². The first kappa shape index (κ1) is 19.0. The second-order valence-corrected chi connectivity index (χ2v) is 6.35. The minimum absolute atomic E-state index is 0.174. The van der Waals surface area contributed by atoms with E-state index in [4.69, 9.17) is 25.8 Å². The summed E-state index contributed by atoms with van der Waals surface area (Å²) in [6, 6.07) is 8.02.